The zero-order chi connectivity index (χ0) is 8.27. The van der Waals surface area contributed by atoms with Gasteiger partial charge in [0.25, 0.3) is 0 Å². The van der Waals surface area contributed by atoms with Gasteiger partial charge < -0.3 is 10.2 Å². The van der Waals surface area contributed by atoms with Crippen molar-refractivity contribution in [3.63, 3.8) is 0 Å². The van der Waals surface area contributed by atoms with Crippen molar-refractivity contribution >= 4 is 0 Å². The smallest absolute Gasteiger partial charge is 0.0209 e. The van der Waals surface area contributed by atoms with Gasteiger partial charge in [0, 0.05) is 18.6 Å². The number of rotatable bonds is 3. The van der Waals surface area contributed by atoms with Crippen LogP contribution in [0.15, 0.2) is 0 Å². The van der Waals surface area contributed by atoms with Crippen LogP contribution in [0.25, 0.3) is 0 Å². The molecule has 0 bridgehead atoms. The molecule has 1 fully saturated rings. The van der Waals surface area contributed by atoms with Crippen LogP contribution in [-0.4, -0.2) is 36.6 Å². The molecule has 2 nitrogen and oxygen atoms in total. The van der Waals surface area contributed by atoms with E-state index in [1.165, 1.54) is 26.1 Å². The van der Waals surface area contributed by atoms with Crippen LogP contribution in [0.1, 0.15) is 27.2 Å². The highest BCUT2D eigenvalue weighted by Crippen LogP contribution is 2.08. The first-order chi connectivity index (χ1) is 5.22. The van der Waals surface area contributed by atoms with Crippen LogP contribution < -0.4 is 5.32 Å². The number of nitrogens with one attached hydrogen (secondary N) is 1. The number of likely N-dealkylation sites (tertiary alicyclic amines) is 1. The van der Waals surface area contributed by atoms with Crippen LogP contribution in [0.4, 0.5) is 0 Å². The molecule has 0 aliphatic carbocycles. The highest BCUT2D eigenvalue weighted by molar-refractivity contribution is 4.81. The predicted molar refractivity (Wildman–Crippen MR) is 48.8 cm³/mol. The molecule has 0 aromatic rings. The summed E-state index contributed by atoms with van der Waals surface area (Å²) >= 11 is 0. The molecule has 1 rings (SSSR count). The van der Waals surface area contributed by atoms with Gasteiger partial charge in [-0.05, 0) is 19.5 Å². The SMILES string of the molecule is CCN1CCC(NC(C)C)C1. The third-order valence-electron chi connectivity index (χ3n) is 2.29. The van der Waals surface area contributed by atoms with Gasteiger partial charge in [0.05, 0.1) is 0 Å². The minimum absolute atomic E-state index is 0.636. The van der Waals surface area contributed by atoms with Crippen LogP contribution in [-0.2, 0) is 0 Å². The molecule has 1 saturated heterocycles. The Balaban J connectivity index is 2.19. The summed E-state index contributed by atoms with van der Waals surface area (Å²) in [5, 5.41) is 3.56. The largest absolute Gasteiger partial charge is 0.310 e. The fourth-order valence-corrected chi connectivity index (χ4v) is 1.73. The molecule has 66 valence electrons. The van der Waals surface area contributed by atoms with Crippen LogP contribution >= 0.6 is 0 Å². The van der Waals surface area contributed by atoms with Crippen molar-refractivity contribution in [2.75, 3.05) is 19.6 Å². The average Bonchev–Trinajstić information content (AvgIpc) is 2.34. The third kappa shape index (κ3) is 2.80. The lowest BCUT2D eigenvalue weighted by molar-refractivity contribution is 0.341. The standard InChI is InChI=1S/C9H20N2/c1-4-11-6-5-9(7-11)10-8(2)3/h8-10H,4-7H2,1-3H3. The van der Waals surface area contributed by atoms with E-state index < -0.39 is 0 Å². The summed E-state index contributed by atoms with van der Waals surface area (Å²) in [5.74, 6) is 0. The van der Waals surface area contributed by atoms with Gasteiger partial charge in [-0.2, -0.15) is 0 Å². The molecule has 1 atom stereocenters. The van der Waals surface area contributed by atoms with Crippen molar-refractivity contribution in [3.8, 4) is 0 Å². The summed E-state index contributed by atoms with van der Waals surface area (Å²) in [6.45, 7) is 10.4. The normalized spacial score (nSPS) is 26.7. The van der Waals surface area contributed by atoms with Crippen LogP contribution in [0, 0.1) is 0 Å². The molecule has 0 amide bonds. The zero-order valence-corrected chi connectivity index (χ0v) is 7.93. The number of hydrogen-bond acceptors (Lipinski definition) is 2. The Morgan fingerprint density at radius 2 is 2.27 bits per heavy atom. The first kappa shape index (κ1) is 9.01. The lowest BCUT2D eigenvalue weighted by atomic mass is 10.2. The van der Waals surface area contributed by atoms with E-state index in [0.717, 1.165) is 6.04 Å². The molecule has 1 aliphatic rings. The first-order valence-electron chi connectivity index (χ1n) is 4.70. The average molecular weight is 156 g/mol. The van der Waals surface area contributed by atoms with Crippen molar-refractivity contribution in [1.82, 2.24) is 10.2 Å². The van der Waals surface area contributed by atoms with Gasteiger partial charge in [-0.25, -0.2) is 0 Å². The highest BCUT2D eigenvalue weighted by Gasteiger charge is 2.20. The minimum atomic E-state index is 0.636. The maximum atomic E-state index is 3.56. The summed E-state index contributed by atoms with van der Waals surface area (Å²) < 4.78 is 0. The topological polar surface area (TPSA) is 15.3 Å². The molecule has 2 heteroatoms. The maximum absolute atomic E-state index is 3.56. The molecule has 1 N–H and O–H groups in total. The second kappa shape index (κ2) is 4.07. The molecule has 11 heavy (non-hydrogen) atoms. The van der Waals surface area contributed by atoms with Gasteiger partial charge in [0.2, 0.25) is 0 Å². The van der Waals surface area contributed by atoms with Gasteiger partial charge in [-0.3, -0.25) is 0 Å². The van der Waals surface area contributed by atoms with Crippen molar-refractivity contribution < 1.29 is 0 Å². The molecule has 1 unspecified atom stereocenters. The second-order valence-electron chi connectivity index (χ2n) is 3.70. The quantitative estimate of drug-likeness (QED) is 0.658. The van der Waals surface area contributed by atoms with Gasteiger partial charge in [-0.15, -0.1) is 0 Å². The fraction of sp³-hybridized carbons (Fsp3) is 1.00. The summed E-state index contributed by atoms with van der Waals surface area (Å²) in [7, 11) is 0. The van der Waals surface area contributed by atoms with E-state index in [1.54, 1.807) is 0 Å². The van der Waals surface area contributed by atoms with E-state index in [4.69, 9.17) is 0 Å². The minimum Gasteiger partial charge on any atom is -0.310 e. The van der Waals surface area contributed by atoms with E-state index in [-0.39, 0.29) is 0 Å². The maximum Gasteiger partial charge on any atom is 0.0209 e. The number of likely N-dealkylation sites (N-methyl/N-ethyl adjacent to an activating group) is 1. The Kier molecular flexibility index (Phi) is 3.34. The molecule has 0 aromatic heterocycles. The van der Waals surface area contributed by atoms with Crippen molar-refractivity contribution in [3.05, 3.63) is 0 Å². The van der Waals surface area contributed by atoms with E-state index in [1.807, 2.05) is 0 Å². The molecule has 0 aromatic carbocycles. The van der Waals surface area contributed by atoms with Gasteiger partial charge in [-0.1, -0.05) is 20.8 Å². The summed E-state index contributed by atoms with van der Waals surface area (Å²) in [5.41, 5.74) is 0. The van der Waals surface area contributed by atoms with Crippen molar-refractivity contribution in [2.45, 2.75) is 39.3 Å². The summed E-state index contributed by atoms with van der Waals surface area (Å²) in [6, 6.07) is 1.38. The van der Waals surface area contributed by atoms with Crippen LogP contribution in [0.3, 0.4) is 0 Å². The Hall–Kier alpha value is -0.0800. The van der Waals surface area contributed by atoms with E-state index >= 15 is 0 Å². The molecule has 0 saturated carbocycles. The molecule has 0 radical (unpaired) electrons. The predicted octanol–water partition coefficient (Wildman–Crippen LogP) is 1.08. The van der Waals surface area contributed by atoms with E-state index in [2.05, 4.69) is 31.0 Å². The summed E-state index contributed by atoms with van der Waals surface area (Å²) in [4.78, 5) is 2.50. The fourth-order valence-electron chi connectivity index (χ4n) is 1.73. The Morgan fingerprint density at radius 1 is 1.55 bits per heavy atom. The lowest BCUT2D eigenvalue weighted by Gasteiger charge is -2.16. The monoisotopic (exact) mass is 156 g/mol. The molecule has 1 aliphatic heterocycles. The summed E-state index contributed by atoms with van der Waals surface area (Å²) in [6.07, 6.45) is 1.33. The molecule has 0 spiro atoms. The Labute approximate surface area is 70.0 Å². The van der Waals surface area contributed by atoms with Gasteiger partial charge in [0.1, 0.15) is 0 Å². The van der Waals surface area contributed by atoms with Gasteiger partial charge >= 0.3 is 0 Å². The molecule has 1 heterocycles. The van der Waals surface area contributed by atoms with Crippen molar-refractivity contribution in [2.24, 2.45) is 0 Å². The third-order valence-corrected chi connectivity index (χ3v) is 2.29. The van der Waals surface area contributed by atoms with Crippen molar-refractivity contribution in [1.29, 1.82) is 0 Å². The van der Waals surface area contributed by atoms with Crippen LogP contribution in [0.2, 0.25) is 0 Å². The number of hydrogen-bond donors (Lipinski definition) is 1. The highest BCUT2D eigenvalue weighted by atomic mass is 15.2. The number of nitrogens with zero attached hydrogens (tertiary/aromatic N) is 1. The Morgan fingerprint density at radius 3 is 2.73 bits per heavy atom. The molecular weight excluding hydrogens is 136 g/mol. The Bertz CT molecular complexity index is 112. The lowest BCUT2D eigenvalue weighted by Crippen LogP contribution is -2.36. The molecular formula is C9H20N2. The van der Waals surface area contributed by atoms with Crippen LogP contribution in [0.5, 0.6) is 0 Å². The van der Waals surface area contributed by atoms with Gasteiger partial charge in [0.15, 0.2) is 0 Å². The second-order valence-corrected chi connectivity index (χ2v) is 3.70. The first-order valence-corrected chi connectivity index (χ1v) is 4.70. The zero-order valence-electron chi connectivity index (χ0n) is 7.93. The van der Waals surface area contributed by atoms with E-state index in [0.29, 0.717) is 6.04 Å². The van der Waals surface area contributed by atoms with E-state index in [9.17, 15) is 0 Å².